The smallest absolute Gasteiger partial charge is 0.255 e. The van der Waals surface area contributed by atoms with Gasteiger partial charge in [0.15, 0.2) is 0 Å². The van der Waals surface area contributed by atoms with Crippen LogP contribution in [0.3, 0.4) is 0 Å². The number of carbonyl (C=O) groups excluding carboxylic acids is 1. The molecular weight excluding hydrogens is 282 g/mol. The van der Waals surface area contributed by atoms with Gasteiger partial charge in [0.2, 0.25) is 0 Å². The zero-order chi connectivity index (χ0) is 16.0. The highest BCUT2D eigenvalue weighted by Gasteiger charge is 2.25. The summed E-state index contributed by atoms with van der Waals surface area (Å²) < 4.78 is 0.184. The van der Waals surface area contributed by atoms with Gasteiger partial charge in [-0.25, -0.2) is 0 Å². The molecule has 0 fully saturated rings. The van der Waals surface area contributed by atoms with Gasteiger partial charge in [-0.1, -0.05) is 13.8 Å². The first-order valence-electron chi connectivity index (χ1n) is 7.29. The zero-order valence-corrected chi connectivity index (χ0v) is 14.5. The number of nitrogens with one attached hydrogen (secondary N) is 1. The third kappa shape index (κ3) is 4.30. The van der Waals surface area contributed by atoms with Crippen LogP contribution >= 0.6 is 11.8 Å². The van der Waals surface area contributed by atoms with Gasteiger partial charge in [-0.3, -0.25) is 4.79 Å². The lowest BCUT2D eigenvalue weighted by Gasteiger charge is -2.31. The summed E-state index contributed by atoms with van der Waals surface area (Å²) in [5.74, 6) is -0.0137. The number of carbonyl (C=O) groups is 1. The molecule has 0 heterocycles. The third-order valence-corrected chi connectivity index (χ3v) is 5.59. The molecule has 4 nitrogen and oxygen atoms in total. The number of hydrogen-bond donors (Lipinski definition) is 2. The number of nitrogens with two attached hydrogens (primary N) is 1. The standard InChI is InChI=1S/C16H27N3OS/c1-6-16(7-2,21-5)11-18-14-10-12(17)8-9-13(14)15(20)19(3)4/h8-10,18H,6-7,11,17H2,1-5H3. The van der Waals surface area contributed by atoms with Crippen LogP contribution in [0.5, 0.6) is 0 Å². The number of hydrogen-bond acceptors (Lipinski definition) is 4. The van der Waals surface area contributed by atoms with E-state index < -0.39 is 0 Å². The van der Waals surface area contributed by atoms with E-state index in [1.54, 1.807) is 31.1 Å². The van der Waals surface area contributed by atoms with E-state index in [9.17, 15) is 4.79 Å². The molecule has 1 rings (SSSR count). The number of thioether (sulfide) groups is 1. The first-order valence-corrected chi connectivity index (χ1v) is 8.51. The van der Waals surface area contributed by atoms with Gasteiger partial charge in [0.1, 0.15) is 0 Å². The minimum atomic E-state index is -0.0137. The fourth-order valence-electron chi connectivity index (χ4n) is 2.25. The Balaban J connectivity index is 3.02. The van der Waals surface area contributed by atoms with Crippen LogP contribution in [-0.2, 0) is 0 Å². The van der Waals surface area contributed by atoms with E-state index in [0.717, 1.165) is 25.1 Å². The number of nitrogens with zero attached hydrogens (tertiary/aromatic N) is 1. The van der Waals surface area contributed by atoms with Crippen LogP contribution in [0.2, 0.25) is 0 Å². The van der Waals surface area contributed by atoms with E-state index in [1.807, 2.05) is 17.8 Å². The lowest BCUT2D eigenvalue weighted by atomic mass is 10.0. The van der Waals surface area contributed by atoms with E-state index in [2.05, 4.69) is 25.4 Å². The SMILES string of the molecule is CCC(CC)(CNc1cc(N)ccc1C(=O)N(C)C)SC. The summed E-state index contributed by atoms with van der Waals surface area (Å²) in [4.78, 5) is 13.8. The molecule has 5 heteroatoms. The Kier molecular flexibility index (Phi) is 6.40. The summed E-state index contributed by atoms with van der Waals surface area (Å²) >= 11 is 1.87. The summed E-state index contributed by atoms with van der Waals surface area (Å²) in [6.07, 6.45) is 4.30. The van der Waals surface area contributed by atoms with Crippen molar-refractivity contribution in [2.45, 2.75) is 31.4 Å². The molecule has 0 aliphatic heterocycles. The van der Waals surface area contributed by atoms with Gasteiger partial charge in [-0.2, -0.15) is 11.8 Å². The first-order chi connectivity index (χ1) is 9.89. The monoisotopic (exact) mass is 309 g/mol. The molecule has 0 aromatic heterocycles. The maximum Gasteiger partial charge on any atom is 0.255 e. The molecule has 0 atom stereocenters. The Bertz CT molecular complexity index is 476. The zero-order valence-electron chi connectivity index (χ0n) is 13.7. The van der Waals surface area contributed by atoms with Gasteiger partial charge in [0.25, 0.3) is 5.91 Å². The van der Waals surface area contributed by atoms with Crippen LogP contribution in [0.4, 0.5) is 11.4 Å². The second-order valence-corrected chi connectivity index (χ2v) is 6.73. The van der Waals surface area contributed by atoms with Gasteiger partial charge in [-0.15, -0.1) is 0 Å². The largest absolute Gasteiger partial charge is 0.399 e. The lowest BCUT2D eigenvalue weighted by Crippen LogP contribution is -2.33. The van der Waals surface area contributed by atoms with E-state index in [4.69, 9.17) is 5.73 Å². The predicted molar refractivity (Wildman–Crippen MR) is 94.2 cm³/mol. The fraction of sp³-hybridized carbons (Fsp3) is 0.562. The van der Waals surface area contributed by atoms with Crippen LogP contribution in [0.1, 0.15) is 37.0 Å². The van der Waals surface area contributed by atoms with E-state index in [0.29, 0.717) is 11.3 Å². The molecular formula is C16H27N3OS. The molecule has 0 bridgehead atoms. The highest BCUT2D eigenvalue weighted by atomic mass is 32.2. The van der Waals surface area contributed by atoms with Gasteiger partial charge in [0, 0.05) is 36.8 Å². The van der Waals surface area contributed by atoms with Crippen LogP contribution < -0.4 is 11.1 Å². The molecule has 0 radical (unpaired) electrons. The molecule has 0 aliphatic carbocycles. The van der Waals surface area contributed by atoms with Crippen molar-refractivity contribution >= 4 is 29.0 Å². The van der Waals surface area contributed by atoms with E-state index >= 15 is 0 Å². The van der Waals surface area contributed by atoms with Crippen molar-refractivity contribution in [2.75, 3.05) is 37.9 Å². The Hall–Kier alpha value is -1.36. The second kappa shape index (κ2) is 7.59. The fourth-order valence-corrected chi connectivity index (χ4v) is 3.05. The number of nitrogen functional groups attached to an aromatic ring is 1. The summed E-state index contributed by atoms with van der Waals surface area (Å²) in [7, 11) is 3.51. The predicted octanol–water partition coefficient (Wildman–Crippen LogP) is 3.30. The molecule has 0 saturated heterocycles. The number of amides is 1. The van der Waals surface area contributed by atoms with Crippen molar-refractivity contribution in [3.63, 3.8) is 0 Å². The maximum absolute atomic E-state index is 12.2. The molecule has 0 unspecified atom stereocenters. The minimum absolute atomic E-state index is 0.0137. The van der Waals surface area contributed by atoms with Crippen LogP contribution in [0.15, 0.2) is 18.2 Å². The van der Waals surface area contributed by atoms with Crippen molar-refractivity contribution < 1.29 is 4.79 Å². The Morgan fingerprint density at radius 2 is 1.95 bits per heavy atom. The summed E-state index contributed by atoms with van der Waals surface area (Å²) in [6.45, 7) is 5.22. The highest BCUT2D eigenvalue weighted by molar-refractivity contribution is 8.00. The Morgan fingerprint density at radius 1 is 1.33 bits per heavy atom. The summed E-state index contributed by atoms with van der Waals surface area (Å²) in [5.41, 5.74) is 8.01. The van der Waals surface area contributed by atoms with E-state index in [1.165, 1.54) is 0 Å². The normalized spacial score (nSPS) is 11.3. The number of anilines is 2. The van der Waals surface area contributed by atoms with Crippen molar-refractivity contribution in [2.24, 2.45) is 0 Å². The quantitative estimate of drug-likeness (QED) is 0.759. The molecule has 0 spiro atoms. The third-order valence-electron chi connectivity index (χ3n) is 4.00. The molecule has 0 aliphatic rings. The van der Waals surface area contributed by atoms with E-state index in [-0.39, 0.29) is 10.7 Å². The first kappa shape index (κ1) is 17.7. The van der Waals surface area contributed by atoms with Crippen molar-refractivity contribution in [3.05, 3.63) is 23.8 Å². The Morgan fingerprint density at radius 3 is 2.43 bits per heavy atom. The van der Waals surface area contributed by atoms with Gasteiger partial charge in [-0.05, 0) is 37.3 Å². The number of rotatable bonds is 7. The minimum Gasteiger partial charge on any atom is -0.399 e. The topological polar surface area (TPSA) is 58.4 Å². The molecule has 1 amide bonds. The lowest BCUT2D eigenvalue weighted by molar-refractivity contribution is 0.0828. The van der Waals surface area contributed by atoms with Gasteiger partial charge < -0.3 is 16.0 Å². The average molecular weight is 309 g/mol. The van der Waals surface area contributed by atoms with Crippen molar-refractivity contribution in [1.29, 1.82) is 0 Å². The van der Waals surface area contributed by atoms with Crippen molar-refractivity contribution in [3.8, 4) is 0 Å². The average Bonchev–Trinajstić information content (AvgIpc) is 2.48. The Labute approximate surface area is 132 Å². The van der Waals surface area contributed by atoms with Crippen LogP contribution in [0, 0.1) is 0 Å². The summed E-state index contributed by atoms with van der Waals surface area (Å²) in [6, 6.07) is 5.40. The molecule has 1 aromatic carbocycles. The van der Waals surface area contributed by atoms with Gasteiger partial charge in [0.05, 0.1) is 5.56 Å². The second-order valence-electron chi connectivity index (χ2n) is 5.45. The number of benzene rings is 1. The maximum atomic E-state index is 12.2. The van der Waals surface area contributed by atoms with Crippen LogP contribution in [-0.4, -0.2) is 42.4 Å². The highest BCUT2D eigenvalue weighted by Crippen LogP contribution is 2.31. The molecule has 3 N–H and O–H groups in total. The molecule has 0 saturated carbocycles. The van der Waals surface area contributed by atoms with Gasteiger partial charge >= 0.3 is 0 Å². The summed E-state index contributed by atoms with van der Waals surface area (Å²) in [5, 5.41) is 3.44. The molecule has 118 valence electrons. The molecule has 21 heavy (non-hydrogen) atoms. The molecule has 1 aromatic rings. The van der Waals surface area contributed by atoms with Crippen LogP contribution in [0.25, 0.3) is 0 Å². The van der Waals surface area contributed by atoms with Crippen molar-refractivity contribution in [1.82, 2.24) is 4.90 Å².